The first kappa shape index (κ1) is 9.50. The predicted octanol–water partition coefficient (Wildman–Crippen LogP) is 3.68. The maximum atomic E-state index is 3.94. The maximum Gasteiger partial charge on any atom is 0.0183 e. The molecule has 0 aliphatic carbocycles. The highest BCUT2D eigenvalue weighted by atomic mass is 127. The highest BCUT2D eigenvalue weighted by molar-refractivity contribution is 14.1. The first-order chi connectivity index (χ1) is 4.61. The summed E-state index contributed by atoms with van der Waals surface area (Å²) in [7, 11) is 0. The molecule has 1 aromatic carbocycles. The van der Waals surface area contributed by atoms with Gasteiger partial charge < -0.3 is 0 Å². The van der Waals surface area contributed by atoms with E-state index in [0.717, 1.165) is 5.56 Å². The Labute approximate surface area is 102 Å². The molecule has 53 valence electrons. The normalized spacial score (nSPS) is 10.0. The second kappa shape index (κ2) is 3.88. The van der Waals surface area contributed by atoms with E-state index in [9.17, 15) is 0 Å². The molecule has 0 aliphatic rings. The Morgan fingerprint density at radius 3 is 1.80 bits per heavy atom. The number of halogens is 3. The smallest absolute Gasteiger partial charge is 0.0183 e. The van der Waals surface area contributed by atoms with E-state index in [4.69, 9.17) is 0 Å². The van der Waals surface area contributed by atoms with E-state index < -0.39 is 0 Å². The lowest BCUT2D eigenvalue weighted by molar-refractivity contribution is 1.47. The number of hydrogen-bond donors (Lipinski definition) is 0. The third-order valence-corrected chi connectivity index (χ3v) is 3.65. The fraction of sp³-hybridized carbons (Fsp3) is 0. The van der Waals surface area contributed by atoms with Crippen LogP contribution in [0.2, 0.25) is 0 Å². The molecule has 0 aromatic heterocycles. The molecule has 0 N–H and O–H groups in total. The molecule has 0 saturated carbocycles. The molecule has 10 heavy (non-hydrogen) atoms. The summed E-state index contributed by atoms with van der Waals surface area (Å²) in [5, 5.41) is 0. The van der Waals surface area contributed by atoms with Crippen molar-refractivity contribution in [1.29, 1.82) is 0 Å². The average Bonchev–Trinajstić information content (AvgIpc) is 1.82. The van der Waals surface area contributed by atoms with Crippen LogP contribution in [0.4, 0.5) is 0 Å². The molecule has 0 amide bonds. The van der Waals surface area contributed by atoms with Crippen LogP contribution < -0.4 is 0 Å². The van der Waals surface area contributed by atoms with Crippen LogP contribution in [0.3, 0.4) is 0 Å². The van der Waals surface area contributed by atoms with Gasteiger partial charge in [-0.05, 0) is 92.4 Å². The van der Waals surface area contributed by atoms with Crippen molar-refractivity contribution in [3.05, 3.63) is 35.3 Å². The second-order valence-corrected chi connectivity index (χ2v) is 5.42. The van der Waals surface area contributed by atoms with Gasteiger partial charge in [-0.25, -0.2) is 0 Å². The van der Waals surface area contributed by atoms with Crippen LogP contribution in [0.5, 0.6) is 0 Å². The van der Waals surface area contributed by atoms with E-state index in [1.165, 1.54) is 10.7 Å². The fourth-order valence-corrected chi connectivity index (χ4v) is 4.15. The second-order valence-electron chi connectivity index (χ2n) is 1.85. The quantitative estimate of drug-likeness (QED) is 0.510. The third kappa shape index (κ3) is 2.20. The van der Waals surface area contributed by atoms with Crippen molar-refractivity contribution < 1.29 is 0 Å². The van der Waals surface area contributed by atoms with E-state index in [1.54, 1.807) is 0 Å². The summed E-state index contributed by atoms with van der Waals surface area (Å²) in [6.45, 7) is 3.94. The summed E-state index contributed by atoms with van der Waals surface area (Å²) in [6, 6.07) is 4.26. The van der Waals surface area contributed by atoms with Gasteiger partial charge in [-0.1, -0.05) is 0 Å². The SMILES string of the molecule is [CH2]c1c(I)cc(I)cc1I. The minimum absolute atomic E-state index is 1.14. The molecule has 0 unspecified atom stereocenters. The molecular weight excluding hydrogens is 465 g/mol. The van der Waals surface area contributed by atoms with Gasteiger partial charge >= 0.3 is 0 Å². The Kier molecular flexibility index (Phi) is 3.69. The molecule has 0 nitrogen and oxygen atoms in total. The minimum Gasteiger partial charge on any atom is -0.0442 e. The molecule has 0 fully saturated rings. The molecular formula is C7H4I3. The molecule has 0 saturated heterocycles. The summed E-state index contributed by atoms with van der Waals surface area (Å²) >= 11 is 6.92. The summed E-state index contributed by atoms with van der Waals surface area (Å²) < 4.78 is 3.77. The number of hydrogen-bond acceptors (Lipinski definition) is 0. The lowest BCUT2D eigenvalue weighted by Gasteiger charge is -2.00. The zero-order valence-electron chi connectivity index (χ0n) is 5.00. The Bertz CT molecular complexity index is 232. The minimum atomic E-state index is 1.14. The van der Waals surface area contributed by atoms with E-state index in [0.29, 0.717) is 0 Å². The zero-order valence-corrected chi connectivity index (χ0v) is 11.5. The van der Waals surface area contributed by atoms with E-state index in [-0.39, 0.29) is 0 Å². The molecule has 3 heteroatoms. The molecule has 0 spiro atoms. The van der Waals surface area contributed by atoms with Crippen molar-refractivity contribution in [1.82, 2.24) is 0 Å². The number of benzene rings is 1. The fourth-order valence-electron chi connectivity index (χ4n) is 0.572. The first-order valence-corrected chi connectivity index (χ1v) is 5.81. The standard InChI is InChI=1S/C7H4I3/c1-4-6(9)2-5(8)3-7(4)10/h2-3H,1H2. The topological polar surface area (TPSA) is 0 Å². The van der Waals surface area contributed by atoms with Gasteiger partial charge in [-0.3, -0.25) is 0 Å². The Morgan fingerprint density at radius 2 is 1.40 bits per heavy atom. The molecule has 1 rings (SSSR count). The summed E-state index contributed by atoms with van der Waals surface area (Å²) in [5.41, 5.74) is 1.14. The van der Waals surface area contributed by atoms with Crippen molar-refractivity contribution in [2.75, 3.05) is 0 Å². The monoisotopic (exact) mass is 469 g/mol. The largest absolute Gasteiger partial charge is 0.0442 e. The Hall–Kier alpha value is 1.41. The zero-order chi connectivity index (χ0) is 7.72. The van der Waals surface area contributed by atoms with Crippen molar-refractivity contribution in [3.8, 4) is 0 Å². The van der Waals surface area contributed by atoms with E-state index in [2.05, 4.69) is 86.8 Å². The highest BCUT2D eigenvalue weighted by Crippen LogP contribution is 2.21. The van der Waals surface area contributed by atoms with Gasteiger partial charge in [0.1, 0.15) is 0 Å². The van der Waals surface area contributed by atoms with Gasteiger partial charge in [0.15, 0.2) is 0 Å². The van der Waals surface area contributed by atoms with Crippen LogP contribution in [0, 0.1) is 17.6 Å². The Morgan fingerprint density at radius 1 is 1.00 bits per heavy atom. The molecule has 1 aromatic rings. The van der Waals surface area contributed by atoms with Crippen molar-refractivity contribution >= 4 is 67.8 Å². The van der Waals surface area contributed by atoms with Crippen LogP contribution in [0.25, 0.3) is 0 Å². The van der Waals surface area contributed by atoms with Gasteiger partial charge in [0.05, 0.1) is 0 Å². The van der Waals surface area contributed by atoms with Crippen molar-refractivity contribution in [2.45, 2.75) is 0 Å². The van der Waals surface area contributed by atoms with Gasteiger partial charge in [-0.15, -0.1) is 0 Å². The van der Waals surface area contributed by atoms with Crippen LogP contribution in [0.15, 0.2) is 12.1 Å². The molecule has 0 atom stereocenters. The predicted molar refractivity (Wildman–Crippen MR) is 69.1 cm³/mol. The lowest BCUT2D eigenvalue weighted by atomic mass is 10.2. The summed E-state index contributed by atoms with van der Waals surface area (Å²) in [5.74, 6) is 0. The average molecular weight is 469 g/mol. The van der Waals surface area contributed by atoms with Crippen LogP contribution in [-0.2, 0) is 0 Å². The Balaban J connectivity index is 3.31. The maximum absolute atomic E-state index is 3.94. The summed E-state index contributed by atoms with van der Waals surface area (Å²) in [6.07, 6.45) is 0. The van der Waals surface area contributed by atoms with Gasteiger partial charge in [0.2, 0.25) is 0 Å². The molecule has 0 heterocycles. The van der Waals surface area contributed by atoms with E-state index >= 15 is 0 Å². The van der Waals surface area contributed by atoms with Gasteiger partial charge in [0.25, 0.3) is 0 Å². The summed E-state index contributed by atoms with van der Waals surface area (Å²) in [4.78, 5) is 0. The van der Waals surface area contributed by atoms with Gasteiger partial charge in [0, 0.05) is 10.7 Å². The van der Waals surface area contributed by atoms with Crippen LogP contribution in [-0.4, -0.2) is 0 Å². The molecule has 0 aliphatic heterocycles. The lowest BCUT2D eigenvalue weighted by Crippen LogP contribution is -1.86. The van der Waals surface area contributed by atoms with Crippen LogP contribution in [0.1, 0.15) is 5.56 Å². The number of rotatable bonds is 0. The highest BCUT2D eigenvalue weighted by Gasteiger charge is 1.99. The van der Waals surface area contributed by atoms with Crippen molar-refractivity contribution in [2.24, 2.45) is 0 Å². The molecule has 1 radical (unpaired) electrons. The first-order valence-electron chi connectivity index (χ1n) is 2.58. The molecule has 0 bridgehead atoms. The van der Waals surface area contributed by atoms with E-state index in [1.807, 2.05) is 0 Å². The van der Waals surface area contributed by atoms with Gasteiger partial charge in [-0.2, -0.15) is 0 Å². The van der Waals surface area contributed by atoms with Crippen LogP contribution >= 0.6 is 67.8 Å². The van der Waals surface area contributed by atoms with Crippen molar-refractivity contribution in [3.63, 3.8) is 0 Å². The third-order valence-electron chi connectivity index (χ3n) is 1.11.